The third kappa shape index (κ3) is 5.13. The number of nitrogens with zero attached hydrogens (tertiary/aromatic N) is 2. The highest BCUT2D eigenvalue weighted by Crippen LogP contribution is 2.35. The molecule has 33 heavy (non-hydrogen) atoms. The summed E-state index contributed by atoms with van der Waals surface area (Å²) in [5.74, 6) is -0.501. The number of aromatic nitrogens is 1. The van der Waals surface area contributed by atoms with Crippen LogP contribution in [0.2, 0.25) is 5.02 Å². The average Bonchev–Trinajstić information content (AvgIpc) is 3.27. The number of hydrogen-bond acceptors (Lipinski definition) is 5. The van der Waals surface area contributed by atoms with E-state index in [1.54, 1.807) is 31.4 Å². The molecule has 3 aromatic rings. The van der Waals surface area contributed by atoms with Crippen LogP contribution in [0, 0.1) is 0 Å². The number of halogens is 1. The molecule has 9 heteroatoms. The van der Waals surface area contributed by atoms with Crippen molar-refractivity contribution in [3.8, 4) is 0 Å². The lowest BCUT2D eigenvalue weighted by Gasteiger charge is -2.13. The molecule has 1 aliphatic rings. The number of amides is 3. The molecule has 7 nitrogen and oxygen atoms in total. The summed E-state index contributed by atoms with van der Waals surface area (Å²) in [6, 6.07) is 14.8. The lowest BCUT2D eigenvalue weighted by molar-refractivity contribution is -0.123. The molecule has 2 heterocycles. The van der Waals surface area contributed by atoms with Gasteiger partial charge < -0.3 is 14.6 Å². The number of carbonyl (C=O) groups excluding carboxylic acids is 3. The zero-order valence-electron chi connectivity index (χ0n) is 17.9. The average molecular weight is 484 g/mol. The number of fused-ring (bicyclic) bond motifs is 1. The molecule has 2 aromatic carbocycles. The van der Waals surface area contributed by atoms with Crippen LogP contribution in [0.5, 0.6) is 0 Å². The van der Waals surface area contributed by atoms with Gasteiger partial charge in [-0.1, -0.05) is 48.0 Å². The van der Waals surface area contributed by atoms with Gasteiger partial charge in [-0.15, -0.1) is 0 Å². The molecule has 1 aliphatic heterocycles. The van der Waals surface area contributed by atoms with E-state index in [-0.39, 0.29) is 30.1 Å². The smallest absolute Gasteiger partial charge is 0.293 e. The first-order valence-corrected chi connectivity index (χ1v) is 11.5. The van der Waals surface area contributed by atoms with Crippen molar-refractivity contribution in [2.75, 3.05) is 20.3 Å². The van der Waals surface area contributed by atoms with Crippen LogP contribution >= 0.6 is 23.4 Å². The van der Waals surface area contributed by atoms with Crippen molar-refractivity contribution in [1.82, 2.24) is 14.8 Å². The second-order valence-corrected chi connectivity index (χ2v) is 8.83. The highest BCUT2D eigenvalue weighted by atomic mass is 35.5. The van der Waals surface area contributed by atoms with Gasteiger partial charge in [0.2, 0.25) is 5.91 Å². The van der Waals surface area contributed by atoms with Crippen molar-refractivity contribution in [2.45, 2.75) is 13.1 Å². The van der Waals surface area contributed by atoms with E-state index in [1.807, 2.05) is 41.1 Å². The molecule has 0 aliphatic carbocycles. The van der Waals surface area contributed by atoms with Crippen molar-refractivity contribution in [3.63, 3.8) is 0 Å². The molecular formula is C24H22ClN3O4S. The largest absolute Gasteiger partial charge is 0.383 e. The number of rotatable bonds is 8. The van der Waals surface area contributed by atoms with Gasteiger partial charge in [-0.2, -0.15) is 0 Å². The summed E-state index contributed by atoms with van der Waals surface area (Å²) >= 11 is 7.10. The van der Waals surface area contributed by atoms with Crippen LogP contribution in [0.25, 0.3) is 17.0 Å². The Morgan fingerprint density at radius 1 is 1.15 bits per heavy atom. The maximum atomic E-state index is 13.0. The molecule has 0 bridgehead atoms. The summed E-state index contributed by atoms with van der Waals surface area (Å²) in [7, 11) is 1.58. The van der Waals surface area contributed by atoms with Crippen LogP contribution in [-0.2, 0) is 27.4 Å². The number of nitrogens with one attached hydrogen (secondary N) is 1. The van der Waals surface area contributed by atoms with E-state index in [1.165, 1.54) is 4.90 Å². The van der Waals surface area contributed by atoms with E-state index < -0.39 is 0 Å². The summed E-state index contributed by atoms with van der Waals surface area (Å²) in [5, 5.41) is 3.86. The first-order chi connectivity index (χ1) is 16.0. The Bertz CT molecular complexity index is 1250. The molecule has 4 rings (SSSR count). The van der Waals surface area contributed by atoms with Crippen LogP contribution in [0.3, 0.4) is 0 Å². The summed E-state index contributed by atoms with van der Waals surface area (Å²) in [6.45, 7) is 1.12. The fraction of sp³-hybridized carbons (Fsp3) is 0.208. The van der Waals surface area contributed by atoms with Gasteiger partial charge in [0.15, 0.2) is 0 Å². The molecule has 0 radical (unpaired) electrons. The zero-order valence-corrected chi connectivity index (χ0v) is 19.5. The summed E-state index contributed by atoms with van der Waals surface area (Å²) in [4.78, 5) is 39.4. The second kappa shape index (κ2) is 10.2. The van der Waals surface area contributed by atoms with E-state index in [0.29, 0.717) is 28.6 Å². The maximum Gasteiger partial charge on any atom is 0.293 e. The molecule has 0 unspecified atom stereocenters. The minimum atomic E-state index is -0.362. The molecule has 3 amide bonds. The minimum Gasteiger partial charge on any atom is -0.383 e. The first kappa shape index (κ1) is 23.1. The van der Waals surface area contributed by atoms with Crippen LogP contribution in [0.4, 0.5) is 4.79 Å². The van der Waals surface area contributed by atoms with Gasteiger partial charge in [-0.25, -0.2) is 0 Å². The van der Waals surface area contributed by atoms with Gasteiger partial charge in [0.1, 0.15) is 6.54 Å². The van der Waals surface area contributed by atoms with Crippen molar-refractivity contribution >= 4 is 57.4 Å². The van der Waals surface area contributed by atoms with Gasteiger partial charge in [-0.3, -0.25) is 19.3 Å². The summed E-state index contributed by atoms with van der Waals surface area (Å²) in [5.41, 5.74) is 2.33. The Kier molecular flexibility index (Phi) is 7.17. The number of benzene rings is 2. The predicted octanol–water partition coefficient (Wildman–Crippen LogP) is 4.29. The Labute approximate surface area is 200 Å². The molecule has 1 fully saturated rings. The number of carbonyl (C=O) groups is 3. The molecule has 1 aromatic heterocycles. The van der Waals surface area contributed by atoms with Crippen LogP contribution in [0.15, 0.2) is 59.6 Å². The first-order valence-electron chi connectivity index (χ1n) is 10.3. The third-order valence-corrected chi connectivity index (χ3v) is 6.48. The highest BCUT2D eigenvalue weighted by molar-refractivity contribution is 8.18. The zero-order chi connectivity index (χ0) is 23.4. The molecule has 0 atom stereocenters. The van der Waals surface area contributed by atoms with Crippen molar-refractivity contribution < 1.29 is 19.1 Å². The fourth-order valence-electron chi connectivity index (χ4n) is 3.60. The standard InChI is InChI=1S/C24H22ClN3O4S/c1-32-11-10-26-22(29)15-27-13-17(18-7-3-5-9-20(18)27)12-21-23(30)28(24(31)33-21)14-16-6-2-4-8-19(16)25/h2-9,12-13H,10-11,14-15H2,1H3,(H,26,29)/b21-12-. The van der Waals surface area contributed by atoms with Gasteiger partial charge >= 0.3 is 0 Å². The number of para-hydroxylation sites is 1. The molecule has 1 N–H and O–H groups in total. The number of imide groups is 1. The predicted molar refractivity (Wildman–Crippen MR) is 130 cm³/mol. The van der Waals surface area contributed by atoms with Gasteiger partial charge in [0, 0.05) is 41.3 Å². The highest BCUT2D eigenvalue weighted by Gasteiger charge is 2.35. The Morgan fingerprint density at radius 2 is 1.91 bits per heavy atom. The van der Waals surface area contributed by atoms with E-state index in [2.05, 4.69) is 5.32 Å². The molecule has 170 valence electrons. The lowest BCUT2D eigenvalue weighted by Crippen LogP contribution is -2.30. The Morgan fingerprint density at radius 3 is 2.70 bits per heavy atom. The van der Waals surface area contributed by atoms with Gasteiger partial charge in [0.05, 0.1) is 18.1 Å². The number of ether oxygens (including phenoxy) is 1. The van der Waals surface area contributed by atoms with Crippen LogP contribution in [-0.4, -0.2) is 46.8 Å². The lowest BCUT2D eigenvalue weighted by atomic mass is 10.1. The topological polar surface area (TPSA) is 80.6 Å². The Hall–Kier alpha value is -3.07. The second-order valence-electron chi connectivity index (χ2n) is 7.43. The summed E-state index contributed by atoms with van der Waals surface area (Å²) < 4.78 is 6.79. The van der Waals surface area contributed by atoms with Gasteiger partial charge in [-0.05, 0) is 35.5 Å². The van der Waals surface area contributed by atoms with Crippen molar-refractivity contribution in [3.05, 3.63) is 75.8 Å². The van der Waals surface area contributed by atoms with E-state index in [0.717, 1.165) is 28.2 Å². The molecule has 1 saturated heterocycles. The van der Waals surface area contributed by atoms with E-state index in [4.69, 9.17) is 16.3 Å². The maximum absolute atomic E-state index is 13.0. The van der Waals surface area contributed by atoms with Gasteiger partial charge in [0.25, 0.3) is 11.1 Å². The monoisotopic (exact) mass is 483 g/mol. The SMILES string of the molecule is COCCNC(=O)Cn1cc(/C=C2\SC(=O)N(Cc3ccccc3Cl)C2=O)c2ccccc21. The molecular weight excluding hydrogens is 462 g/mol. The van der Waals surface area contributed by atoms with Crippen LogP contribution in [0.1, 0.15) is 11.1 Å². The Balaban J connectivity index is 1.58. The van der Waals surface area contributed by atoms with E-state index in [9.17, 15) is 14.4 Å². The molecule has 0 saturated carbocycles. The third-order valence-electron chi connectivity index (χ3n) is 5.21. The quantitative estimate of drug-likeness (QED) is 0.382. The minimum absolute atomic E-state index is 0.116. The number of hydrogen-bond donors (Lipinski definition) is 1. The van der Waals surface area contributed by atoms with Crippen molar-refractivity contribution in [2.24, 2.45) is 0 Å². The summed E-state index contributed by atoms with van der Waals surface area (Å²) in [6.07, 6.45) is 3.53. The number of methoxy groups -OCH3 is 1. The normalized spacial score (nSPS) is 15.1. The number of thioether (sulfide) groups is 1. The molecule has 0 spiro atoms. The fourth-order valence-corrected chi connectivity index (χ4v) is 4.62. The van der Waals surface area contributed by atoms with Crippen molar-refractivity contribution in [1.29, 1.82) is 0 Å². The van der Waals surface area contributed by atoms with Crippen LogP contribution < -0.4 is 5.32 Å². The van der Waals surface area contributed by atoms with E-state index >= 15 is 0 Å².